The Balaban J connectivity index is 2.49. The number of aliphatic hydroxyl groups is 1. The summed E-state index contributed by atoms with van der Waals surface area (Å²) in [5, 5.41) is 20.5. The zero-order valence-electron chi connectivity index (χ0n) is 21.4. The molecular formula is C29H50O4. The number of ether oxygens (including phenoxy) is 1. The molecule has 0 saturated carbocycles. The van der Waals surface area contributed by atoms with Gasteiger partial charge in [-0.1, -0.05) is 128 Å². The molecule has 33 heavy (non-hydrogen) atoms. The van der Waals surface area contributed by atoms with Gasteiger partial charge in [-0.05, 0) is 18.4 Å². The predicted molar refractivity (Wildman–Crippen MR) is 137 cm³/mol. The van der Waals surface area contributed by atoms with Crippen LogP contribution in [0.4, 0.5) is 0 Å². The Morgan fingerprint density at radius 1 is 0.788 bits per heavy atom. The second-order valence-electron chi connectivity index (χ2n) is 9.63. The van der Waals surface area contributed by atoms with Crippen LogP contribution in [0.15, 0.2) is 30.3 Å². The number of aliphatic hydroxyl groups excluding tert-OH is 1. The van der Waals surface area contributed by atoms with Gasteiger partial charge in [0.2, 0.25) is 0 Å². The molecule has 0 saturated heterocycles. The highest BCUT2D eigenvalue weighted by Crippen LogP contribution is 2.23. The van der Waals surface area contributed by atoms with Crippen molar-refractivity contribution < 1.29 is 19.7 Å². The van der Waals surface area contributed by atoms with Gasteiger partial charge in [0.1, 0.15) is 0 Å². The van der Waals surface area contributed by atoms with Crippen LogP contribution >= 0.6 is 0 Å². The number of aliphatic carboxylic acids is 1. The first kappa shape index (κ1) is 29.6. The Morgan fingerprint density at radius 3 is 1.88 bits per heavy atom. The van der Waals surface area contributed by atoms with E-state index >= 15 is 0 Å². The minimum atomic E-state index is -0.885. The van der Waals surface area contributed by atoms with E-state index < -0.39 is 18.0 Å². The summed E-state index contributed by atoms with van der Waals surface area (Å²) in [6, 6.07) is 10.1. The smallest absolute Gasteiger partial charge is 0.309 e. The highest BCUT2D eigenvalue weighted by molar-refractivity contribution is 5.70. The Kier molecular flexibility index (Phi) is 18.0. The molecule has 2 N–H and O–H groups in total. The van der Waals surface area contributed by atoms with Crippen LogP contribution in [0, 0.1) is 5.92 Å². The summed E-state index contributed by atoms with van der Waals surface area (Å²) < 4.78 is 6.19. The summed E-state index contributed by atoms with van der Waals surface area (Å²) >= 11 is 0. The van der Waals surface area contributed by atoms with Gasteiger partial charge in [0.15, 0.2) is 0 Å². The molecule has 0 aliphatic heterocycles. The van der Waals surface area contributed by atoms with Crippen molar-refractivity contribution >= 4 is 5.97 Å². The van der Waals surface area contributed by atoms with Crippen LogP contribution in [0.1, 0.15) is 122 Å². The minimum Gasteiger partial charge on any atom is -0.481 e. The van der Waals surface area contributed by atoms with E-state index in [1.807, 2.05) is 30.3 Å². The first-order valence-corrected chi connectivity index (χ1v) is 13.6. The van der Waals surface area contributed by atoms with Crippen LogP contribution in [-0.4, -0.2) is 28.4 Å². The predicted octanol–water partition coefficient (Wildman–Crippen LogP) is 7.91. The molecule has 0 heterocycles. The lowest BCUT2D eigenvalue weighted by atomic mass is 9.90. The van der Waals surface area contributed by atoms with Crippen molar-refractivity contribution in [2.45, 2.75) is 135 Å². The number of carboxylic acids is 1. The molecule has 0 spiro atoms. The first-order chi connectivity index (χ1) is 16.1. The topological polar surface area (TPSA) is 66.8 Å². The van der Waals surface area contributed by atoms with Gasteiger partial charge >= 0.3 is 5.97 Å². The van der Waals surface area contributed by atoms with Crippen LogP contribution in [0.2, 0.25) is 0 Å². The molecule has 3 atom stereocenters. The molecule has 0 aliphatic carbocycles. The molecule has 0 aromatic heterocycles. The maximum Gasteiger partial charge on any atom is 0.309 e. The molecular weight excluding hydrogens is 412 g/mol. The van der Waals surface area contributed by atoms with Crippen LogP contribution in [-0.2, 0) is 16.1 Å². The fourth-order valence-electron chi connectivity index (χ4n) is 4.45. The third-order valence-electron chi connectivity index (χ3n) is 6.61. The highest BCUT2D eigenvalue weighted by atomic mass is 16.5. The van der Waals surface area contributed by atoms with Crippen molar-refractivity contribution in [2.24, 2.45) is 5.92 Å². The minimum absolute atomic E-state index is 0.109. The number of carboxylic acid groups (broad SMARTS) is 1. The fraction of sp³-hybridized carbons (Fsp3) is 0.759. The Labute approximate surface area is 203 Å². The molecule has 1 aromatic carbocycles. The SMILES string of the molecule is CCCCCCCCCCC[C@H](C[C@@H](O)[C@@H](CCCCCC)C(=O)O)OCc1ccccc1. The second-order valence-corrected chi connectivity index (χ2v) is 9.63. The summed E-state index contributed by atoms with van der Waals surface area (Å²) in [5.41, 5.74) is 1.11. The van der Waals surface area contributed by atoms with E-state index in [-0.39, 0.29) is 6.10 Å². The van der Waals surface area contributed by atoms with Crippen molar-refractivity contribution in [3.05, 3.63) is 35.9 Å². The molecule has 0 amide bonds. The number of unbranched alkanes of at least 4 members (excludes halogenated alkanes) is 11. The second kappa shape index (κ2) is 20.0. The van der Waals surface area contributed by atoms with Crippen molar-refractivity contribution in [3.8, 4) is 0 Å². The van der Waals surface area contributed by atoms with E-state index in [2.05, 4.69) is 13.8 Å². The summed E-state index contributed by atoms with van der Waals surface area (Å²) in [5.74, 6) is -1.59. The molecule has 0 fully saturated rings. The van der Waals surface area contributed by atoms with Crippen LogP contribution in [0.5, 0.6) is 0 Å². The van der Waals surface area contributed by atoms with Crippen molar-refractivity contribution in [3.63, 3.8) is 0 Å². The van der Waals surface area contributed by atoms with E-state index in [0.29, 0.717) is 19.4 Å². The zero-order chi connectivity index (χ0) is 24.2. The number of rotatable bonds is 22. The van der Waals surface area contributed by atoms with Gasteiger partial charge in [-0.25, -0.2) is 0 Å². The molecule has 190 valence electrons. The molecule has 1 rings (SSSR count). The van der Waals surface area contributed by atoms with E-state index in [1.165, 1.54) is 51.4 Å². The quantitative estimate of drug-likeness (QED) is 0.172. The molecule has 4 heteroatoms. The molecule has 0 radical (unpaired) electrons. The molecule has 0 bridgehead atoms. The number of carbonyl (C=O) groups is 1. The van der Waals surface area contributed by atoms with E-state index in [4.69, 9.17) is 4.74 Å². The summed E-state index contributed by atoms with van der Waals surface area (Å²) in [6.45, 7) is 4.90. The number of benzene rings is 1. The van der Waals surface area contributed by atoms with Crippen molar-refractivity contribution in [1.82, 2.24) is 0 Å². The van der Waals surface area contributed by atoms with Gasteiger partial charge in [-0.2, -0.15) is 0 Å². The first-order valence-electron chi connectivity index (χ1n) is 13.6. The van der Waals surface area contributed by atoms with Gasteiger partial charge in [0.05, 0.1) is 24.7 Å². The Morgan fingerprint density at radius 2 is 1.30 bits per heavy atom. The van der Waals surface area contributed by atoms with E-state index in [0.717, 1.165) is 44.1 Å². The summed E-state index contributed by atoms with van der Waals surface area (Å²) in [7, 11) is 0. The summed E-state index contributed by atoms with van der Waals surface area (Å²) in [6.07, 6.45) is 16.4. The standard InChI is InChI=1S/C29H50O4/c1-3-5-7-9-10-11-12-13-17-21-26(33-24-25-19-15-14-16-20-25)23-28(30)27(29(31)32)22-18-8-6-4-2/h14-16,19-20,26-28,30H,3-13,17-18,21-24H2,1-2H3,(H,31,32)/t26-,27-,28-/m1/s1. The maximum atomic E-state index is 11.8. The van der Waals surface area contributed by atoms with Gasteiger partial charge in [0, 0.05) is 6.42 Å². The lowest BCUT2D eigenvalue weighted by molar-refractivity contribution is -0.147. The third kappa shape index (κ3) is 15.2. The average Bonchev–Trinajstić information content (AvgIpc) is 2.81. The highest BCUT2D eigenvalue weighted by Gasteiger charge is 2.28. The average molecular weight is 463 g/mol. The molecule has 1 aromatic rings. The molecule has 0 aliphatic rings. The van der Waals surface area contributed by atoms with Gasteiger partial charge < -0.3 is 14.9 Å². The maximum absolute atomic E-state index is 11.8. The largest absolute Gasteiger partial charge is 0.481 e. The van der Waals surface area contributed by atoms with Crippen LogP contribution in [0.25, 0.3) is 0 Å². The Hall–Kier alpha value is -1.39. The monoisotopic (exact) mass is 462 g/mol. The van der Waals surface area contributed by atoms with E-state index in [9.17, 15) is 15.0 Å². The molecule has 0 unspecified atom stereocenters. The van der Waals surface area contributed by atoms with Gasteiger partial charge in [-0.15, -0.1) is 0 Å². The fourth-order valence-corrected chi connectivity index (χ4v) is 4.45. The summed E-state index contributed by atoms with van der Waals surface area (Å²) in [4.78, 5) is 11.8. The normalized spacial score (nSPS) is 14.2. The lowest BCUT2D eigenvalue weighted by Crippen LogP contribution is -2.32. The number of hydrogen-bond acceptors (Lipinski definition) is 3. The van der Waals surface area contributed by atoms with Gasteiger partial charge in [0.25, 0.3) is 0 Å². The van der Waals surface area contributed by atoms with Crippen LogP contribution in [0.3, 0.4) is 0 Å². The van der Waals surface area contributed by atoms with Crippen LogP contribution < -0.4 is 0 Å². The third-order valence-corrected chi connectivity index (χ3v) is 6.61. The van der Waals surface area contributed by atoms with Gasteiger partial charge in [-0.3, -0.25) is 4.79 Å². The van der Waals surface area contributed by atoms with E-state index in [1.54, 1.807) is 0 Å². The van der Waals surface area contributed by atoms with Crippen molar-refractivity contribution in [2.75, 3.05) is 0 Å². The Bertz CT molecular complexity index is 574. The zero-order valence-corrected chi connectivity index (χ0v) is 21.4. The lowest BCUT2D eigenvalue weighted by Gasteiger charge is -2.25. The molecule has 4 nitrogen and oxygen atoms in total. The van der Waals surface area contributed by atoms with Crippen molar-refractivity contribution in [1.29, 1.82) is 0 Å². The number of hydrogen-bond donors (Lipinski definition) is 2.